The summed E-state index contributed by atoms with van der Waals surface area (Å²) in [6, 6.07) is 8.12. The van der Waals surface area contributed by atoms with Gasteiger partial charge in [0.15, 0.2) is 0 Å². The predicted molar refractivity (Wildman–Crippen MR) is 103 cm³/mol. The van der Waals surface area contributed by atoms with Crippen molar-refractivity contribution < 1.29 is 14.3 Å². The van der Waals surface area contributed by atoms with Crippen molar-refractivity contribution in [3.05, 3.63) is 36.0 Å². The number of fused-ring (bicyclic) bond motifs is 1. The number of aryl methyl sites for hydroxylation is 1. The molecule has 0 radical (unpaired) electrons. The number of hydrogen-bond donors (Lipinski definition) is 2. The van der Waals surface area contributed by atoms with Crippen LogP contribution in [0.25, 0.3) is 10.9 Å². The van der Waals surface area contributed by atoms with Crippen LogP contribution in [0.3, 0.4) is 0 Å². The maximum atomic E-state index is 12.2. The number of rotatable bonds is 7. The fourth-order valence-electron chi connectivity index (χ4n) is 2.78. The average molecular weight is 359 g/mol. The Bertz CT molecular complexity index is 759. The third-order valence-corrected chi connectivity index (χ3v) is 3.91. The van der Waals surface area contributed by atoms with Gasteiger partial charge in [0.2, 0.25) is 5.91 Å². The number of ether oxygens (including phenoxy) is 1. The molecule has 142 valence electrons. The second-order valence-corrected chi connectivity index (χ2v) is 7.27. The van der Waals surface area contributed by atoms with E-state index in [0.29, 0.717) is 25.9 Å². The van der Waals surface area contributed by atoms with Crippen LogP contribution in [0.15, 0.2) is 30.5 Å². The minimum Gasteiger partial charge on any atom is -0.444 e. The number of nitrogens with one attached hydrogen (secondary N) is 2. The van der Waals surface area contributed by atoms with E-state index in [-0.39, 0.29) is 5.91 Å². The van der Waals surface area contributed by atoms with Crippen molar-refractivity contribution in [3.63, 3.8) is 0 Å². The molecule has 0 aliphatic rings. The van der Waals surface area contributed by atoms with Crippen LogP contribution in [-0.4, -0.2) is 35.3 Å². The van der Waals surface area contributed by atoms with Gasteiger partial charge in [-0.25, -0.2) is 4.79 Å². The molecular weight excluding hydrogens is 330 g/mol. The number of carbonyl (C=O) groups excluding carboxylic acids is 2. The van der Waals surface area contributed by atoms with Crippen LogP contribution in [0.5, 0.6) is 0 Å². The molecule has 0 spiro atoms. The Labute approximate surface area is 154 Å². The standard InChI is InChI=1S/C20H29N3O3/c1-5-23-14-15(16-9-6-7-10-17(16)23)13-18(24)21-11-8-12-22-19(25)26-20(2,3)4/h6-7,9-10,14H,5,8,11-13H2,1-4H3,(H,21,24)(H,22,25). The fourth-order valence-corrected chi connectivity index (χ4v) is 2.78. The summed E-state index contributed by atoms with van der Waals surface area (Å²) >= 11 is 0. The van der Waals surface area contributed by atoms with Crippen molar-refractivity contribution in [2.75, 3.05) is 13.1 Å². The first-order valence-corrected chi connectivity index (χ1v) is 9.10. The number of alkyl carbamates (subject to hydrolysis) is 1. The highest BCUT2D eigenvalue weighted by Gasteiger charge is 2.15. The van der Waals surface area contributed by atoms with E-state index in [2.05, 4.69) is 34.3 Å². The summed E-state index contributed by atoms with van der Waals surface area (Å²) in [6.07, 6.45) is 2.62. The molecule has 0 bridgehead atoms. The first-order valence-electron chi connectivity index (χ1n) is 9.10. The van der Waals surface area contributed by atoms with Gasteiger partial charge in [-0.15, -0.1) is 0 Å². The quantitative estimate of drug-likeness (QED) is 0.746. The molecule has 2 N–H and O–H groups in total. The second-order valence-electron chi connectivity index (χ2n) is 7.27. The molecule has 0 saturated heterocycles. The number of aromatic nitrogens is 1. The molecule has 26 heavy (non-hydrogen) atoms. The van der Waals surface area contributed by atoms with E-state index < -0.39 is 11.7 Å². The zero-order chi connectivity index (χ0) is 19.2. The first kappa shape index (κ1) is 19.8. The lowest BCUT2D eigenvalue weighted by molar-refractivity contribution is -0.120. The molecule has 1 aromatic carbocycles. The molecule has 6 nitrogen and oxygen atoms in total. The summed E-state index contributed by atoms with van der Waals surface area (Å²) in [5.74, 6) is -0.0127. The van der Waals surface area contributed by atoms with Crippen LogP contribution in [0.2, 0.25) is 0 Å². The first-order chi connectivity index (χ1) is 12.3. The Morgan fingerprint density at radius 2 is 1.81 bits per heavy atom. The predicted octanol–water partition coefficient (Wildman–Crippen LogP) is 3.23. The Balaban J connectivity index is 1.75. The number of hydrogen-bond acceptors (Lipinski definition) is 3. The second kappa shape index (κ2) is 8.74. The van der Waals surface area contributed by atoms with Gasteiger partial charge >= 0.3 is 6.09 Å². The smallest absolute Gasteiger partial charge is 0.407 e. The molecule has 2 aromatic rings. The zero-order valence-electron chi connectivity index (χ0n) is 16.1. The number of benzene rings is 1. The van der Waals surface area contributed by atoms with Gasteiger partial charge in [-0.05, 0) is 45.7 Å². The van der Waals surface area contributed by atoms with Gasteiger partial charge in [0, 0.05) is 36.7 Å². The van der Waals surface area contributed by atoms with Gasteiger partial charge in [0.25, 0.3) is 0 Å². The third-order valence-electron chi connectivity index (χ3n) is 3.91. The summed E-state index contributed by atoms with van der Waals surface area (Å²) in [4.78, 5) is 23.7. The molecule has 0 atom stereocenters. The van der Waals surface area contributed by atoms with Gasteiger partial charge in [0.05, 0.1) is 6.42 Å². The molecule has 1 heterocycles. The Morgan fingerprint density at radius 1 is 1.12 bits per heavy atom. The van der Waals surface area contributed by atoms with Gasteiger partial charge < -0.3 is 19.9 Å². The van der Waals surface area contributed by atoms with Gasteiger partial charge in [-0.2, -0.15) is 0 Å². The molecule has 0 fully saturated rings. The number of nitrogens with zero attached hydrogens (tertiary/aromatic N) is 1. The Morgan fingerprint density at radius 3 is 2.50 bits per heavy atom. The minimum atomic E-state index is -0.504. The van der Waals surface area contributed by atoms with Crippen molar-refractivity contribution in [2.24, 2.45) is 0 Å². The highest BCUT2D eigenvalue weighted by atomic mass is 16.6. The number of para-hydroxylation sites is 1. The lowest BCUT2D eigenvalue weighted by atomic mass is 10.1. The fraction of sp³-hybridized carbons (Fsp3) is 0.500. The van der Waals surface area contributed by atoms with E-state index in [4.69, 9.17) is 4.74 Å². The maximum absolute atomic E-state index is 12.2. The highest BCUT2D eigenvalue weighted by molar-refractivity contribution is 5.89. The topological polar surface area (TPSA) is 72.4 Å². The van der Waals surface area contributed by atoms with E-state index in [0.717, 1.165) is 23.0 Å². The SMILES string of the molecule is CCn1cc(CC(=O)NCCCNC(=O)OC(C)(C)C)c2ccccc21. The summed E-state index contributed by atoms with van der Waals surface area (Å²) in [7, 11) is 0. The van der Waals surface area contributed by atoms with Crippen molar-refractivity contribution in [1.29, 1.82) is 0 Å². The van der Waals surface area contributed by atoms with E-state index in [9.17, 15) is 9.59 Å². The molecule has 0 unspecified atom stereocenters. The molecule has 0 aliphatic carbocycles. The van der Waals surface area contributed by atoms with Crippen LogP contribution in [0, 0.1) is 0 Å². The van der Waals surface area contributed by atoms with Gasteiger partial charge in [-0.1, -0.05) is 18.2 Å². The molecule has 1 aromatic heterocycles. The maximum Gasteiger partial charge on any atom is 0.407 e. The van der Waals surface area contributed by atoms with Gasteiger partial charge in [0.1, 0.15) is 5.60 Å². The summed E-state index contributed by atoms with van der Waals surface area (Å²) in [5, 5.41) is 6.71. The molecular formula is C20H29N3O3. The monoisotopic (exact) mass is 359 g/mol. The molecule has 0 aliphatic heterocycles. The average Bonchev–Trinajstić information content (AvgIpc) is 2.91. The van der Waals surface area contributed by atoms with Crippen LogP contribution >= 0.6 is 0 Å². The van der Waals surface area contributed by atoms with E-state index in [1.807, 2.05) is 39.1 Å². The summed E-state index contributed by atoms with van der Waals surface area (Å²) < 4.78 is 7.31. The van der Waals surface area contributed by atoms with E-state index >= 15 is 0 Å². The number of amides is 2. The van der Waals surface area contributed by atoms with Crippen LogP contribution in [-0.2, 0) is 22.5 Å². The minimum absolute atomic E-state index is 0.0127. The normalized spacial score (nSPS) is 11.4. The van der Waals surface area contributed by atoms with Crippen LogP contribution < -0.4 is 10.6 Å². The number of carbonyl (C=O) groups is 2. The molecule has 2 rings (SSSR count). The van der Waals surface area contributed by atoms with Crippen molar-refractivity contribution in [1.82, 2.24) is 15.2 Å². The Hall–Kier alpha value is -2.50. The molecule has 0 saturated carbocycles. The third kappa shape index (κ3) is 5.79. The molecule has 2 amide bonds. The molecule has 6 heteroatoms. The summed E-state index contributed by atoms with van der Waals surface area (Å²) in [5.41, 5.74) is 1.68. The summed E-state index contributed by atoms with van der Waals surface area (Å²) in [6.45, 7) is 9.41. The lowest BCUT2D eigenvalue weighted by Gasteiger charge is -2.19. The van der Waals surface area contributed by atoms with Crippen LogP contribution in [0.1, 0.15) is 39.7 Å². The lowest BCUT2D eigenvalue weighted by Crippen LogP contribution is -2.34. The Kier molecular flexibility index (Phi) is 6.66. The van der Waals surface area contributed by atoms with Crippen molar-refractivity contribution in [3.8, 4) is 0 Å². The van der Waals surface area contributed by atoms with Gasteiger partial charge in [-0.3, -0.25) is 4.79 Å². The highest BCUT2D eigenvalue weighted by Crippen LogP contribution is 2.21. The van der Waals surface area contributed by atoms with Crippen molar-refractivity contribution >= 4 is 22.9 Å². The van der Waals surface area contributed by atoms with E-state index in [1.165, 1.54) is 0 Å². The van der Waals surface area contributed by atoms with Crippen molar-refractivity contribution in [2.45, 2.75) is 52.7 Å². The van der Waals surface area contributed by atoms with E-state index in [1.54, 1.807) is 0 Å². The zero-order valence-corrected chi connectivity index (χ0v) is 16.1. The van der Waals surface area contributed by atoms with Crippen LogP contribution in [0.4, 0.5) is 4.79 Å². The largest absolute Gasteiger partial charge is 0.444 e.